The number of nitriles is 1. The van der Waals surface area contributed by atoms with Crippen LogP contribution in [0.1, 0.15) is 40.1 Å². The van der Waals surface area contributed by atoms with Crippen molar-refractivity contribution in [3.63, 3.8) is 0 Å². The molecule has 2 N–H and O–H groups in total. The van der Waals surface area contributed by atoms with Crippen molar-refractivity contribution in [1.29, 1.82) is 5.26 Å². The summed E-state index contributed by atoms with van der Waals surface area (Å²) in [7, 11) is 1.63. The van der Waals surface area contributed by atoms with Crippen LogP contribution in [0, 0.1) is 18.3 Å². The fourth-order valence-corrected chi connectivity index (χ4v) is 3.78. The maximum Gasteiger partial charge on any atom is 0.337 e. The number of benzene rings is 2. The number of carbonyl (C=O) groups is 1. The SMILES string of the molecule is Cc1cc([C@@H](C)Nc2ccccc2C(=O)O)c2nc(-c3ccc(=O)n(C)c3)c(C#N)nc2c1. The Bertz CT molecular complexity index is 1500. The fourth-order valence-electron chi connectivity index (χ4n) is 3.78. The first-order valence-electron chi connectivity index (χ1n) is 10.3. The van der Waals surface area contributed by atoms with Gasteiger partial charge in [0.15, 0.2) is 5.69 Å². The van der Waals surface area contributed by atoms with Gasteiger partial charge in [-0.2, -0.15) is 5.26 Å². The van der Waals surface area contributed by atoms with Gasteiger partial charge in [-0.15, -0.1) is 0 Å². The van der Waals surface area contributed by atoms with Gasteiger partial charge >= 0.3 is 5.97 Å². The largest absolute Gasteiger partial charge is 0.478 e. The average molecular weight is 439 g/mol. The smallest absolute Gasteiger partial charge is 0.337 e. The molecule has 0 amide bonds. The van der Waals surface area contributed by atoms with E-state index in [0.717, 1.165) is 11.1 Å². The quantitative estimate of drug-likeness (QED) is 0.481. The lowest BCUT2D eigenvalue weighted by Crippen LogP contribution is -2.14. The van der Waals surface area contributed by atoms with Crippen LogP contribution < -0.4 is 10.9 Å². The molecule has 0 bridgehead atoms. The van der Waals surface area contributed by atoms with Gasteiger partial charge in [-0.25, -0.2) is 14.8 Å². The topological polar surface area (TPSA) is 121 Å². The monoisotopic (exact) mass is 439 g/mol. The van der Waals surface area contributed by atoms with Crippen LogP contribution in [0.2, 0.25) is 0 Å². The van der Waals surface area contributed by atoms with E-state index >= 15 is 0 Å². The summed E-state index contributed by atoms with van der Waals surface area (Å²) in [5, 5.41) is 22.5. The number of rotatable bonds is 5. The second-order valence-electron chi connectivity index (χ2n) is 7.84. The predicted octanol–water partition coefficient (Wildman–Crippen LogP) is 4.05. The van der Waals surface area contributed by atoms with E-state index < -0.39 is 5.97 Å². The Kier molecular flexibility index (Phi) is 5.63. The normalized spacial score (nSPS) is 11.7. The van der Waals surface area contributed by atoms with Crippen LogP contribution in [-0.4, -0.2) is 25.6 Å². The molecule has 164 valence electrons. The van der Waals surface area contributed by atoms with Crippen LogP contribution in [0.15, 0.2) is 59.5 Å². The number of fused-ring (bicyclic) bond motifs is 1. The first-order chi connectivity index (χ1) is 15.8. The van der Waals surface area contributed by atoms with E-state index in [2.05, 4.69) is 16.4 Å². The molecule has 0 aliphatic rings. The summed E-state index contributed by atoms with van der Waals surface area (Å²) in [5.41, 5.74) is 4.55. The zero-order valence-corrected chi connectivity index (χ0v) is 18.3. The number of carboxylic acids is 1. The van der Waals surface area contributed by atoms with Crippen LogP contribution in [-0.2, 0) is 7.05 Å². The summed E-state index contributed by atoms with van der Waals surface area (Å²) in [6, 6.07) is 15.4. The number of para-hydroxylation sites is 1. The molecule has 8 nitrogen and oxygen atoms in total. The van der Waals surface area contributed by atoms with Crippen molar-refractivity contribution < 1.29 is 9.90 Å². The van der Waals surface area contributed by atoms with Gasteiger partial charge in [-0.3, -0.25) is 4.79 Å². The molecule has 0 fully saturated rings. The van der Waals surface area contributed by atoms with E-state index in [0.29, 0.717) is 28.0 Å². The molecule has 1 atom stereocenters. The molecule has 2 aromatic heterocycles. The molecule has 8 heteroatoms. The Morgan fingerprint density at radius 2 is 1.94 bits per heavy atom. The molecular formula is C25H21N5O3. The van der Waals surface area contributed by atoms with Gasteiger partial charge in [0.05, 0.1) is 22.6 Å². The maximum atomic E-state index is 11.8. The number of aryl methyl sites for hydroxylation is 2. The van der Waals surface area contributed by atoms with Gasteiger partial charge in [0, 0.05) is 36.1 Å². The Morgan fingerprint density at radius 1 is 1.18 bits per heavy atom. The van der Waals surface area contributed by atoms with Crippen LogP contribution in [0.3, 0.4) is 0 Å². The number of pyridine rings is 1. The molecule has 4 aromatic rings. The number of hydrogen-bond acceptors (Lipinski definition) is 6. The van der Waals surface area contributed by atoms with E-state index in [1.807, 2.05) is 26.0 Å². The minimum Gasteiger partial charge on any atom is -0.478 e. The van der Waals surface area contributed by atoms with Crippen molar-refractivity contribution >= 4 is 22.7 Å². The van der Waals surface area contributed by atoms with Crippen LogP contribution in [0.5, 0.6) is 0 Å². The summed E-state index contributed by atoms with van der Waals surface area (Å²) in [5.74, 6) is -1.02. The zero-order valence-electron chi connectivity index (χ0n) is 18.3. The lowest BCUT2D eigenvalue weighted by Gasteiger charge is -2.20. The number of carboxylic acid groups (broad SMARTS) is 1. The number of nitrogens with zero attached hydrogens (tertiary/aromatic N) is 4. The molecule has 2 heterocycles. The highest BCUT2D eigenvalue weighted by atomic mass is 16.4. The third kappa shape index (κ3) is 4.16. The Balaban J connectivity index is 1.88. The van der Waals surface area contributed by atoms with Gasteiger partial charge < -0.3 is 15.0 Å². The molecular weight excluding hydrogens is 418 g/mol. The molecule has 0 aliphatic heterocycles. The van der Waals surface area contributed by atoms with E-state index in [4.69, 9.17) is 4.98 Å². The first-order valence-corrected chi connectivity index (χ1v) is 10.3. The molecule has 33 heavy (non-hydrogen) atoms. The number of aromatic carboxylic acids is 1. The molecule has 4 rings (SSSR count). The van der Waals surface area contributed by atoms with Gasteiger partial charge in [0.25, 0.3) is 0 Å². The minimum atomic E-state index is -1.02. The predicted molar refractivity (Wildman–Crippen MR) is 125 cm³/mol. The van der Waals surface area contributed by atoms with E-state index in [-0.39, 0.29) is 22.9 Å². The summed E-state index contributed by atoms with van der Waals surface area (Å²) in [6.45, 7) is 3.84. The summed E-state index contributed by atoms with van der Waals surface area (Å²) >= 11 is 0. The highest BCUT2D eigenvalue weighted by molar-refractivity contribution is 5.94. The van der Waals surface area contributed by atoms with Crippen molar-refractivity contribution in [2.75, 3.05) is 5.32 Å². The lowest BCUT2D eigenvalue weighted by molar-refractivity contribution is 0.0698. The minimum absolute atomic E-state index is 0.162. The summed E-state index contributed by atoms with van der Waals surface area (Å²) in [6.07, 6.45) is 1.62. The van der Waals surface area contributed by atoms with Gasteiger partial charge in [0.2, 0.25) is 5.56 Å². The summed E-state index contributed by atoms with van der Waals surface area (Å²) in [4.78, 5) is 32.8. The van der Waals surface area contributed by atoms with Crippen molar-refractivity contribution in [1.82, 2.24) is 14.5 Å². The van der Waals surface area contributed by atoms with Gasteiger partial charge in [-0.05, 0) is 43.7 Å². The highest BCUT2D eigenvalue weighted by Gasteiger charge is 2.19. The molecule has 0 saturated heterocycles. The Hall–Kier alpha value is -4.51. The highest BCUT2D eigenvalue weighted by Crippen LogP contribution is 2.30. The molecule has 0 aliphatic carbocycles. The van der Waals surface area contributed by atoms with Crippen LogP contribution in [0.4, 0.5) is 5.69 Å². The third-order valence-corrected chi connectivity index (χ3v) is 5.40. The molecule has 2 aromatic carbocycles. The van der Waals surface area contributed by atoms with E-state index in [1.165, 1.54) is 10.6 Å². The lowest BCUT2D eigenvalue weighted by atomic mass is 10.0. The van der Waals surface area contributed by atoms with Crippen LogP contribution in [0.25, 0.3) is 22.3 Å². The number of nitrogens with one attached hydrogen (secondary N) is 1. The second kappa shape index (κ2) is 8.55. The average Bonchev–Trinajstić information content (AvgIpc) is 2.79. The van der Waals surface area contributed by atoms with Crippen LogP contribution >= 0.6 is 0 Å². The molecule has 0 unspecified atom stereocenters. The van der Waals surface area contributed by atoms with Gasteiger partial charge in [-0.1, -0.05) is 18.2 Å². The number of hydrogen-bond donors (Lipinski definition) is 2. The van der Waals surface area contributed by atoms with E-state index in [1.54, 1.807) is 43.6 Å². The second-order valence-corrected chi connectivity index (χ2v) is 7.84. The Labute approximate surface area is 189 Å². The number of aromatic nitrogens is 3. The first kappa shape index (κ1) is 21.7. The molecule has 0 spiro atoms. The maximum absolute atomic E-state index is 11.8. The zero-order chi connectivity index (χ0) is 23.7. The Morgan fingerprint density at radius 3 is 2.64 bits per heavy atom. The van der Waals surface area contributed by atoms with Gasteiger partial charge in [0.1, 0.15) is 11.8 Å². The van der Waals surface area contributed by atoms with Crippen molar-refractivity contribution in [3.8, 4) is 17.3 Å². The van der Waals surface area contributed by atoms with Crippen molar-refractivity contribution in [2.24, 2.45) is 7.05 Å². The summed E-state index contributed by atoms with van der Waals surface area (Å²) < 4.78 is 1.42. The third-order valence-electron chi connectivity index (χ3n) is 5.40. The standard InChI is InChI=1S/C25H21N5O3/c1-14-10-18(15(2)27-19-7-5-4-6-17(19)25(32)33)24-20(11-14)28-21(12-26)23(29-24)16-8-9-22(31)30(3)13-16/h4-11,13,15,27H,1-3H3,(H,32,33)/t15-/m1/s1. The molecule has 0 saturated carbocycles. The fraction of sp³-hybridized carbons (Fsp3) is 0.160. The van der Waals surface area contributed by atoms with Crippen molar-refractivity contribution in [3.05, 3.63) is 87.5 Å². The number of anilines is 1. The van der Waals surface area contributed by atoms with E-state index in [9.17, 15) is 20.0 Å². The molecule has 0 radical (unpaired) electrons. The van der Waals surface area contributed by atoms with Crippen molar-refractivity contribution in [2.45, 2.75) is 19.9 Å².